The summed E-state index contributed by atoms with van der Waals surface area (Å²) in [6.45, 7) is 0. The van der Waals surface area contributed by atoms with Gasteiger partial charge in [-0.1, -0.05) is 6.07 Å². The van der Waals surface area contributed by atoms with Crippen molar-refractivity contribution in [2.45, 2.75) is 0 Å². The summed E-state index contributed by atoms with van der Waals surface area (Å²) in [5.74, 6) is -1.08. The normalized spacial score (nSPS) is 17.5. The van der Waals surface area contributed by atoms with E-state index in [-0.39, 0.29) is 10.1 Å². The highest BCUT2D eigenvalue weighted by Crippen LogP contribution is 2.23. The van der Waals surface area contributed by atoms with Gasteiger partial charge in [0.05, 0.1) is 23.8 Å². The average molecular weight is 329 g/mol. The van der Waals surface area contributed by atoms with E-state index in [4.69, 9.17) is 11.0 Å². The SMILES string of the molecule is COC(=O)/C=C1/S/C(=N\N=Cc2ccc(N)c(C#N)c2)NC1=O. The molecule has 1 amide bonds. The molecule has 0 spiro atoms. The maximum atomic E-state index is 11.6. The summed E-state index contributed by atoms with van der Waals surface area (Å²) in [4.78, 5) is 22.9. The number of amides is 1. The van der Waals surface area contributed by atoms with Gasteiger partial charge < -0.3 is 10.5 Å². The summed E-state index contributed by atoms with van der Waals surface area (Å²) in [6.07, 6.45) is 2.49. The zero-order chi connectivity index (χ0) is 16.8. The van der Waals surface area contributed by atoms with E-state index in [0.29, 0.717) is 16.8 Å². The molecule has 2 rings (SSSR count). The summed E-state index contributed by atoms with van der Waals surface area (Å²) >= 11 is 0.971. The van der Waals surface area contributed by atoms with Crippen molar-refractivity contribution in [1.82, 2.24) is 5.32 Å². The lowest BCUT2D eigenvalue weighted by Crippen LogP contribution is -2.19. The lowest BCUT2D eigenvalue weighted by molar-refractivity contribution is -0.135. The first-order valence-electron chi connectivity index (χ1n) is 6.23. The number of carbonyl (C=O) groups is 2. The van der Waals surface area contributed by atoms with Crippen LogP contribution in [-0.2, 0) is 14.3 Å². The van der Waals surface area contributed by atoms with Crippen molar-refractivity contribution in [3.8, 4) is 6.07 Å². The second-order valence-electron chi connectivity index (χ2n) is 4.20. The predicted molar refractivity (Wildman–Crippen MR) is 86.4 cm³/mol. The number of nitrogens with one attached hydrogen (secondary N) is 1. The number of hydrogen-bond acceptors (Lipinski definition) is 8. The van der Waals surface area contributed by atoms with E-state index >= 15 is 0 Å². The van der Waals surface area contributed by atoms with E-state index < -0.39 is 11.9 Å². The highest BCUT2D eigenvalue weighted by molar-refractivity contribution is 8.18. The van der Waals surface area contributed by atoms with Crippen molar-refractivity contribution in [2.24, 2.45) is 10.2 Å². The second kappa shape index (κ2) is 7.24. The van der Waals surface area contributed by atoms with Crippen molar-refractivity contribution >= 4 is 40.7 Å². The Bertz CT molecular complexity index is 792. The number of esters is 1. The van der Waals surface area contributed by atoms with Gasteiger partial charge in [-0.15, -0.1) is 5.10 Å². The van der Waals surface area contributed by atoms with E-state index in [1.807, 2.05) is 6.07 Å². The summed E-state index contributed by atoms with van der Waals surface area (Å²) in [5, 5.41) is 19.3. The van der Waals surface area contributed by atoms with Crippen LogP contribution in [0.1, 0.15) is 11.1 Å². The lowest BCUT2D eigenvalue weighted by atomic mass is 10.1. The van der Waals surface area contributed by atoms with Gasteiger partial charge in [0.15, 0.2) is 5.17 Å². The van der Waals surface area contributed by atoms with E-state index in [9.17, 15) is 9.59 Å². The van der Waals surface area contributed by atoms with Gasteiger partial charge in [0.2, 0.25) is 0 Å². The summed E-state index contributed by atoms with van der Waals surface area (Å²) in [5.41, 5.74) is 6.98. The molecule has 1 saturated heterocycles. The van der Waals surface area contributed by atoms with Crippen LogP contribution >= 0.6 is 11.8 Å². The molecule has 3 N–H and O–H groups in total. The number of nitrogens with two attached hydrogens (primary N) is 1. The van der Waals surface area contributed by atoms with Gasteiger partial charge in [-0.2, -0.15) is 10.4 Å². The molecule has 1 aromatic carbocycles. The minimum Gasteiger partial charge on any atom is -0.466 e. The standard InChI is InChI=1S/C14H11N5O3S/c1-22-12(20)5-11-13(21)18-14(23-11)19-17-7-8-2-3-10(16)9(4-8)6-15/h2-5,7H,16H2,1H3,(H,18,19,21)/b11-5+,17-7?. The number of anilines is 1. The Morgan fingerprint density at radius 3 is 3.00 bits per heavy atom. The highest BCUT2D eigenvalue weighted by Gasteiger charge is 2.24. The number of ether oxygens (including phenoxy) is 1. The van der Waals surface area contributed by atoms with Gasteiger partial charge in [-0.25, -0.2) is 4.79 Å². The number of nitriles is 1. The molecule has 1 heterocycles. The smallest absolute Gasteiger partial charge is 0.331 e. The van der Waals surface area contributed by atoms with Crippen LogP contribution in [0.5, 0.6) is 0 Å². The van der Waals surface area contributed by atoms with Crippen LogP contribution < -0.4 is 11.1 Å². The van der Waals surface area contributed by atoms with Crippen molar-refractivity contribution in [2.75, 3.05) is 12.8 Å². The van der Waals surface area contributed by atoms with Crippen LogP contribution in [0.25, 0.3) is 0 Å². The molecule has 1 aliphatic rings. The molecule has 0 radical (unpaired) electrons. The van der Waals surface area contributed by atoms with E-state index in [1.165, 1.54) is 13.3 Å². The zero-order valence-corrected chi connectivity index (χ0v) is 12.8. The van der Waals surface area contributed by atoms with Gasteiger partial charge in [-0.05, 0) is 29.5 Å². The molecule has 1 aromatic rings. The molecule has 0 atom stereocenters. The van der Waals surface area contributed by atoms with Gasteiger partial charge in [-0.3, -0.25) is 10.1 Å². The summed E-state index contributed by atoms with van der Waals surface area (Å²) < 4.78 is 4.45. The average Bonchev–Trinajstić information content (AvgIpc) is 2.88. The molecular formula is C14H11N5O3S. The Morgan fingerprint density at radius 2 is 2.30 bits per heavy atom. The maximum absolute atomic E-state index is 11.6. The first kappa shape index (κ1) is 16.3. The van der Waals surface area contributed by atoms with E-state index in [2.05, 4.69) is 20.3 Å². The second-order valence-corrected chi connectivity index (χ2v) is 5.23. The van der Waals surface area contributed by atoms with Crippen molar-refractivity contribution in [1.29, 1.82) is 5.26 Å². The summed E-state index contributed by atoms with van der Waals surface area (Å²) in [7, 11) is 1.22. The third kappa shape index (κ3) is 4.18. The van der Waals surface area contributed by atoms with E-state index in [0.717, 1.165) is 17.8 Å². The van der Waals surface area contributed by atoms with E-state index in [1.54, 1.807) is 18.2 Å². The molecule has 23 heavy (non-hydrogen) atoms. The number of amidine groups is 1. The fourth-order valence-corrected chi connectivity index (χ4v) is 2.28. The fourth-order valence-electron chi connectivity index (χ4n) is 1.54. The number of rotatable bonds is 3. The minimum absolute atomic E-state index is 0.171. The first-order valence-corrected chi connectivity index (χ1v) is 7.04. The Labute approximate surface area is 135 Å². The Kier molecular flexibility index (Phi) is 5.11. The summed E-state index contributed by atoms with van der Waals surface area (Å²) in [6, 6.07) is 6.82. The number of thioether (sulfide) groups is 1. The first-order chi connectivity index (χ1) is 11.0. The van der Waals surface area contributed by atoms with Crippen molar-refractivity contribution in [3.63, 3.8) is 0 Å². The monoisotopic (exact) mass is 329 g/mol. The van der Waals surface area contributed by atoms with Crippen LogP contribution in [0.15, 0.2) is 39.4 Å². The van der Waals surface area contributed by atoms with Crippen LogP contribution in [0.3, 0.4) is 0 Å². The number of methoxy groups -OCH3 is 1. The Morgan fingerprint density at radius 1 is 1.52 bits per heavy atom. The molecule has 9 heteroatoms. The minimum atomic E-state index is -0.627. The molecular weight excluding hydrogens is 318 g/mol. The number of nitrogen functional groups attached to an aromatic ring is 1. The van der Waals surface area contributed by atoms with Gasteiger partial charge in [0, 0.05) is 11.8 Å². The van der Waals surface area contributed by atoms with Crippen molar-refractivity contribution < 1.29 is 14.3 Å². The van der Waals surface area contributed by atoms with Crippen LogP contribution in [-0.4, -0.2) is 30.4 Å². The number of benzene rings is 1. The fraction of sp³-hybridized carbons (Fsp3) is 0.0714. The quantitative estimate of drug-likeness (QED) is 0.277. The third-order valence-electron chi connectivity index (χ3n) is 2.65. The predicted octanol–water partition coefficient (Wildman–Crippen LogP) is 0.750. The Balaban J connectivity index is 2.10. The zero-order valence-electron chi connectivity index (χ0n) is 11.9. The van der Waals surface area contributed by atoms with Crippen LogP contribution in [0.2, 0.25) is 0 Å². The maximum Gasteiger partial charge on any atom is 0.331 e. The highest BCUT2D eigenvalue weighted by atomic mass is 32.2. The number of hydrogen-bond donors (Lipinski definition) is 2. The topological polar surface area (TPSA) is 130 Å². The molecule has 0 saturated carbocycles. The van der Waals surface area contributed by atoms with Gasteiger partial charge >= 0.3 is 5.97 Å². The number of nitrogens with zero attached hydrogens (tertiary/aromatic N) is 3. The lowest BCUT2D eigenvalue weighted by Gasteiger charge is -1.97. The molecule has 0 aliphatic carbocycles. The van der Waals surface area contributed by atoms with Crippen molar-refractivity contribution in [3.05, 3.63) is 40.3 Å². The molecule has 0 unspecified atom stereocenters. The molecule has 0 bridgehead atoms. The number of carbonyl (C=O) groups excluding carboxylic acids is 2. The molecule has 1 aliphatic heterocycles. The Hall–Kier alpha value is -3.12. The largest absolute Gasteiger partial charge is 0.466 e. The third-order valence-corrected chi connectivity index (χ3v) is 3.55. The van der Waals surface area contributed by atoms with Crippen LogP contribution in [0, 0.1) is 11.3 Å². The molecule has 1 fully saturated rings. The van der Waals surface area contributed by atoms with Gasteiger partial charge in [0.1, 0.15) is 6.07 Å². The van der Waals surface area contributed by atoms with Gasteiger partial charge in [0.25, 0.3) is 5.91 Å². The van der Waals surface area contributed by atoms with Crippen LogP contribution in [0.4, 0.5) is 5.69 Å². The molecule has 116 valence electrons. The molecule has 8 nitrogen and oxygen atoms in total. The molecule has 0 aromatic heterocycles.